The van der Waals surface area contributed by atoms with Gasteiger partial charge in [-0.2, -0.15) is 10.4 Å². The van der Waals surface area contributed by atoms with Crippen molar-refractivity contribution in [2.24, 2.45) is 0 Å². The number of pyridine rings is 1. The van der Waals surface area contributed by atoms with Crippen molar-refractivity contribution in [2.75, 3.05) is 6.54 Å². The molecule has 4 rings (SSSR count). The molecule has 0 radical (unpaired) electrons. The predicted octanol–water partition coefficient (Wildman–Crippen LogP) is 3.15. The normalized spacial score (nSPS) is 12.8. The van der Waals surface area contributed by atoms with Crippen LogP contribution in [-0.2, 0) is 13.1 Å². The Morgan fingerprint density at radius 1 is 1.20 bits per heavy atom. The van der Waals surface area contributed by atoms with Gasteiger partial charge in [-0.15, -0.1) is 12.4 Å². The van der Waals surface area contributed by atoms with Crippen LogP contribution in [0.5, 0.6) is 0 Å². The molecule has 0 fully saturated rings. The van der Waals surface area contributed by atoms with Crippen LogP contribution in [0.15, 0.2) is 42.7 Å². The van der Waals surface area contributed by atoms with Crippen LogP contribution in [-0.4, -0.2) is 21.3 Å². The van der Waals surface area contributed by atoms with Crippen molar-refractivity contribution in [1.82, 2.24) is 20.1 Å². The minimum absolute atomic E-state index is 0. The molecular formula is C18H15ClFN5. The number of nitriles is 1. The molecule has 126 valence electrons. The third kappa shape index (κ3) is 2.88. The lowest BCUT2D eigenvalue weighted by atomic mass is 9.98. The van der Waals surface area contributed by atoms with Crippen LogP contribution in [0.4, 0.5) is 4.39 Å². The van der Waals surface area contributed by atoms with Gasteiger partial charge in [0.25, 0.3) is 0 Å². The molecule has 1 N–H and O–H groups in total. The number of hydrogen-bond donors (Lipinski definition) is 1. The largest absolute Gasteiger partial charge is 0.309 e. The molecule has 1 aromatic carbocycles. The molecule has 7 heteroatoms. The number of halogens is 2. The molecule has 1 aliphatic heterocycles. The Hall–Kier alpha value is -2.75. The van der Waals surface area contributed by atoms with Crippen LogP contribution in [0.3, 0.4) is 0 Å². The summed E-state index contributed by atoms with van der Waals surface area (Å²) in [5.74, 6) is -0.529. The van der Waals surface area contributed by atoms with E-state index < -0.39 is 5.82 Å². The molecule has 0 bridgehead atoms. The summed E-state index contributed by atoms with van der Waals surface area (Å²) in [7, 11) is 0. The van der Waals surface area contributed by atoms with Crippen molar-refractivity contribution in [3.05, 3.63) is 59.8 Å². The van der Waals surface area contributed by atoms with E-state index in [1.807, 2.05) is 22.9 Å². The highest BCUT2D eigenvalue weighted by molar-refractivity contribution is 5.85. The van der Waals surface area contributed by atoms with E-state index in [1.54, 1.807) is 24.5 Å². The third-order valence-corrected chi connectivity index (χ3v) is 4.19. The van der Waals surface area contributed by atoms with E-state index in [4.69, 9.17) is 5.26 Å². The molecule has 0 aliphatic carbocycles. The maximum Gasteiger partial charge on any atom is 0.150 e. The van der Waals surface area contributed by atoms with Gasteiger partial charge in [0.1, 0.15) is 17.6 Å². The molecule has 0 amide bonds. The summed E-state index contributed by atoms with van der Waals surface area (Å²) in [4.78, 5) is 4.05. The molecule has 1 aliphatic rings. The van der Waals surface area contributed by atoms with E-state index in [1.165, 1.54) is 6.07 Å². The lowest BCUT2D eigenvalue weighted by Crippen LogP contribution is -2.28. The molecule has 0 unspecified atom stereocenters. The predicted molar refractivity (Wildman–Crippen MR) is 94.5 cm³/mol. The summed E-state index contributed by atoms with van der Waals surface area (Å²) in [5, 5.41) is 17.1. The van der Waals surface area contributed by atoms with E-state index >= 15 is 0 Å². The molecule has 3 heterocycles. The molecule has 25 heavy (non-hydrogen) atoms. The van der Waals surface area contributed by atoms with Crippen LogP contribution in [0.2, 0.25) is 0 Å². The van der Waals surface area contributed by atoms with Gasteiger partial charge in [0.2, 0.25) is 0 Å². The van der Waals surface area contributed by atoms with Crippen molar-refractivity contribution in [3.8, 4) is 28.5 Å². The zero-order valence-electron chi connectivity index (χ0n) is 13.2. The fourth-order valence-corrected chi connectivity index (χ4v) is 3.06. The summed E-state index contributed by atoms with van der Waals surface area (Å²) < 4.78 is 16.6. The monoisotopic (exact) mass is 355 g/mol. The Kier molecular flexibility index (Phi) is 4.79. The first-order valence-corrected chi connectivity index (χ1v) is 7.69. The molecule has 0 saturated carbocycles. The summed E-state index contributed by atoms with van der Waals surface area (Å²) in [6, 6.07) is 10.5. The van der Waals surface area contributed by atoms with Crippen molar-refractivity contribution >= 4 is 12.4 Å². The SMILES string of the molecule is Cl.N#Cc1cccc(-c2nn3c(c2-c2ccncc2)CNCC3)c1F. The molecule has 0 spiro atoms. The zero-order chi connectivity index (χ0) is 16.5. The van der Waals surface area contributed by atoms with Crippen molar-refractivity contribution in [2.45, 2.75) is 13.1 Å². The summed E-state index contributed by atoms with van der Waals surface area (Å²) >= 11 is 0. The van der Waals surface area contributed by atoms with Crippen LogP contribution in [0, 0.1) is 17.1 Å². The van der Waals surface area contributed by atoms with Gasteiger partial charge in [-0.3, -0.25) is 9.67 Å². The molecule has 5 nitrogen and oxygen atoms in total. The fraction of sp³-hybridized carbons (Fsp3) is 0.167. The molecule has 2 aromatic heterocycles. The Morgan fingerprint density at radius 2 is 2.00 bits per heavy atom. The van der Waals surface area contributed by atoms with Crippen molar-refractivity contribution < 1.29 is 4.39 Å². The van der Waals surface area contributed by atoms with Gasteiger partial charge in [0.15, 0.2) is 0 Å². The van der Waals surface area contributed by atoms with Crippen LogP contribution >= 0.6 is 12.4 Å². The second kappa shape index (κ2) is 7.01. The average molecular weight is 356 g/mol. The maximum atomic E-state index is 14.7. The second-order valence-electron chi connectivity index (χ2n) is 5.59. The van der Waals surface area contributed by atoms with Crippen molar-refractivity contribution in [3.63, 3.8) is 0 Å². The first-order valence-electron chi connectivity index (χ1n) is 7.69. The molecule has 0 saturated heterocycles. The van der Waals surface area contributed by atoms with Gasteiger partial charge in [0, 0.05) is 36.6 Å². The van der Waals surface area contributed by atoms with E-state index in [-0.39, 0.29) is 18.0 Å². The number of aromatic nitrogens is 3. The minimum Gasteiger partial charge on any atom is -0.309 e. The highest BCUT2D eigenvalue weighted by Crippen LogP contribution is 2.36. The summed E-state index contributed by atoms with van der Waals surface area (Å²) in [6.07, 6.45) is 3.42. The Labute approximate surface area is 150 Å². The molecule has 0 atom stereocenters. The number of hydrogen-bond acceptors (Lipinski definition) is 4. The van der Waals surface area contributed by atoms with E-state index in [0.717, 1.165) is 29.9 Å². The van der Waals surface area contributed by atoms with Gasteiger partial charge < -0.3 is 5.32 Å². The average Bonchev–Trinajstić information content (AvgIpc) is 3.02. The van der Waals surface area contributed by atoms with Crippen molar-refractivity contribution in [1.29, 1.82) is 5.26 Å². The maximum absolute atomic E-state index is 14.7. The Morgan fingerprint density at radius 3 is 2.76 bits per heavy atom. The number of rotatable bonds is 2. The Balaban J connectivity index is 0.00000182. The summed E-state index contributed by atoms with van der Waals surface area (Å²) in [6.45, 7) is 2.22. The Bertz CT molecular complexity index is 946. The lowest BCUT2D eigenvalue weighted by molar-refractivity contribution is 0.477. The first-order chi connectivity index (χ1) is 11.8. The van der Waals surface area contributed by atoms with Crippen LogP contribution in [0.1, 0.15) is 11.3 Å². The van der Waals surface area contributed by atoms with Gasteiger partial charge in [-0.1, -0.05) is 6.07 Å². The second-order valence-corrected chi connectivity index (χ2v) is 5.59. The van der Waals surface area contributed by atoms with E-state index in [0.29, 0.717) is 17.8 Å². The minimum atomic E-state index is -0.529. The number of fused-ring (bicyclic) bond motifs is 1. The van der Waals surface area contributed by atoms with Gasteiger partial charge >= 0.3 is 0 Å². The standard InChI is InChI=1S/C18H14FN5.ClH/c19-17-13(10-20)2-1-3-14(17)18-16(12-4-6-21-7-5-12)15-11-22-8-9-24(15)23-18;/h1-7,22H,8-9,11H2;1H. The first kappa shape index (κ1) is 17.1. The van der Waals surface area contributed by atoms with Gasteiger partial charge in [0.05, 0.1) is 17.8 Å². The molecular weight excluding hydrogens is 341 g/mol. The molecule has 3 aromatic rings. The topological polar surface area (TPSA) is 66.5 Å². The van der Waals surface area contributed by atoms with Crippen LogP contribution in [0.25, 0.3) is 22.4 Å². The van der Waals surface area contributed by atoms with Gasteiger partial charge in [-0.25, -0.2) is 4.39 Å². The van der Waals surface area contributed by atoms with E-state index in [2.05, 4.69) is 15.4 Å². The number of benzene rings is 1. The highest BCUT2D eigenvalue weighted by Gasteiger charge is 2.24. The number of nitrogens with zero attached hydrogens (tertiary/aromatic N) is 4. The fourth-order valence-electron chi connectivity index (χ4n) is 3.06. The van der Waals surface area contributed by atoms with Gasteiger partial charge in [-0.05, 0) is 29.8 Å². The zero-order valence-corrected chi connectivity index (χ0v) is 14.1. The summed E-state index contributed by atoms with van der Waals surface area (Å²) in [5.41, 5.74) is 3.78. The lowest BCUT2D eigenvalue weighted by Gasteiger charge is -2.16. The quantitative estimate of drug-likeness (QED) is 0.766. The third-order valence-electron chi connectivity index (χ3n) is 4.19. The van der Waals surface area contributed by atoms with E-state index in [9.17, 15) is 4.39 Å². The smallest absolute Gasteiger partial charge is 0.150 e. The highest BCUT2D eigenvalue weighted by atomic mass is 35.5. The van der Waals surface area contributed by atoms with Crippen LogP contribution < -0.4 is 5.32 Å². The number of nitrogens with one attached hydrogen (secondary N) is 1.